The molecule has 2 aromatic carbocycles. The fourth-order valence-corrected chi connectivity index (χ4v) is 4.17. The van der Waals surface area contributed by atoms with Gasteiger partial charge in [-0.25, -0.2) is 14.2 Å². The molecule has 3 aromatic rings. The summed E-state index contributed by atoms with van der Waals surface area (Å²) < 4.78 is 24.7. The molecule has 0 aliphatic rings. The summed E-state index contributed by atoms with van der Waals surface area (Å²) in [7, 11) is 0. The summed E-state index contributed by atoms with van der Waals surface area (Å²) >= 11 is 6.01. The highest BCUT2D eigenvalue weighted by atomic mass is 35.5. The number of aliphatic hydroxyl groups is 4. The first-order valence-electron chi connectivity index (χ1n) is 12.9. The third kappa shape index (κ3) is 9.88. The number of rotatable bonds is 15. The summed E-state index contributed by atoms with van der Waals surface area (Å²) in [5, 5.41) is 42.4. The molecule has 13 heteroatoms. The zero-order valence-electron chi connectivity index (χ0n) is 22.2. The molecule has 2 amide bonds. The largest absolute Gasteiger partial charge is 0.447 e. The molecule has 1 heterocycles. The number of aryl methyl sites for hydroxylation is 1. The lowest BCUT2D eigenvalue weighted by molar-refractivity contribution is -0.139. The van der Waals surface area contributed by atoms with E-state index >= 15 is 0 Å². The number of anilines is 1. The van der Waals surface area contributed by atoms with Crippen LogP contribution in [0.3, 0.4) is 0 Å². The predicted octanol–water partition coefficient (Wildman–Crippen LogP) is 2.13. The van der Waals surface area contributed by atoms with Crippen LogP contribution in [0.5, 0.6) is 0 Å². The van der Waals surface area contributed by atoms with Crippen molar-refractivity contribution in [3.63, 3.8) is 0 Å². The quantitative estimate of drug-likeness (QED) is 0.178. The Morgan fingerprint density at radius 1 is 1.00 bits per heavy atom. The molecule has 5 N–H and O–H groups in total. The number of halogens is 2. The molecule has 41 heavy (non-hydrogen) atoms. The molecule has 1 aromatic heterocycles. The van der Waals surface area contributed by atoms with Gasteiger partial charge in [0.2, 0.25) is 5.91 Å². The van der Waals surface area contributed by atoms with Gasteiger partial charge in [-0.15, -0.1) is 0 Å². The van der Waals surface area contributed by atoms with Crippen LogP contribution in [0.15, 0.2) is 54.7 Å². The summed E-state index contributed by atoms with van der Waals surface area (Å²) in [6.45, 7) is -2.44. The van der Waals surface area contributed by atoms with Gasteiger partial charge in [-0.3, -0.25) is 10.1 Å². The van der Waals surface area contributed by atoms with Crippen molar-refractivity contribution in [1.29, 1.82) is 0 Å². The number of aromatic nitrogens is 1. The highest BCUT2D eigenvalue weighted by molar-refractivity contribution is 6.31. The molecule has 0 fully saturated rings. The molecule has 3 rings (SSSR count). The highest BCUT2D eigenvalue weighted by Gasteiger charge is 2.28. The lowest BCUT2D eigenvalue weighted by Gasteiger charge is -2.33. The number of carbonyl (C=O) groups excluding carboxylic acids is 2. The first-order chi connectivity index (χ1) is 19.7. The number of amides is 2. The smallest absolute Gasteiger partial charge is 0.412 e. The van der Waals surface area contributed by atoms with Crippen LogP contribution in [-0.2, 0) is 20.7 Å². The number of hydrogen-bond acceptors (Lipinski definition) is 9. The van der Waals surface area contributed by atoms with Crippen molar-refractivity contribution < 1.29 is 43.9 Å². The maximum Gasteiger partial charge on any atom is 0.412 e. The zero-order valence-corrected chi connectivity index (χ0v) is 22.9. The molecule has 3 atom stereocenters. The van der Waals surface area contributed by atoms with Gasteiger partial charge in [-0.05, 0) is 29.5 Å². The van der Waals surface area contributed by atoms with Gasteiger partial charge in [0.25, 0.3) is 0 Å². The van der Waals surface area contributed by atoms with Crippen LogP contribution in [-0.4, -0.2) is 100 Å². The Kier molecular flexibility index (Phi) is 12.7. The average molecular weight is 594 g/mol. The van der Waals surface area contributed by atoms with Crippen LogP contribution in [0, 0.1) is 5.82 Å². The molecule has 0 aliphatic carbocycles. The Labute approximate surface area is 241 Å². The topological polar surface area (TPSA) is 162 Å². The summed E-state index contributed by atoms with van der Waals surface area (Å²) in [4.78, 5) is 31.3. The number of ether oxygens (including phenoxy) is 2. The van der Waals surface area contributed by atoms with E-state index in [1.54, 1.807) is 18.3 Å². The van der Waals surface area contributed by atoms with E-state index < -0.39 is 49.3 Å². The summed E-state index contributed by atoms with van der Waals surface area (Å²) in [5.74, 6) is -0.907. The first kappa shape index (κ1) is 32.1. The minimum absolute atomic E-state index is 0.0763. The summed E-state index contributed by atoms with van der Waals surface area (Å²) in [6.07, 6.45) is -1.85. The van der Waals surface area contributed by atoms with Crippen molar-refractivity contribution in [2.24, 2.45) is 0 Å². The highest BCUT2D eigenvalue weighted by Crippen LogP contribution is 2.22. The third-order valence-corrected chi connectivity index (χ3v) is 6.54. The van der Waals surface area contributed by atoms with Gasteiger partial charge in [-0.1, -0.05) is 48.0 Å². The Balaban J connectivity index is 1.72. The van der Waals surface area contributed by atoms with Gasteiger partial charge in [0, 0.05) is 24.5 Å². The van der Waals surface area contributed by atoms with E-state index in [0.29, 0.717) is 5.56 Å². The number of aliphatic hydroxyl groups excluding tert-OH is 4. The molecular weight excluding hydrogens is 561 g/mol. The fraction of sp³-hybridized carbons (Fsp3) is 0.393. The molecule has 0 spiro atoms. The van der Waals surface area contributed by atoms with Gasteiger partial charge in [0.15, 0.2) is 0 Å². The Hall–Kier alpha value is -3.39. The summed E-state index contributed by atoms with van der Waals surface area (Å²) in [6, 6.07) is 12.4. The van der Waals surface area contributed by atoms with Gasteiger partial charge in [-0.2, -0.15) is 0 Å². The zero-order chi connectivity index (χ0) is 29.8. The van der Waals surface area contributed by atoms with Crippen LogP contribution >= 0.6 is 11.6 Å². The number of nitrogens with one attached hydrogen (secondary N) is 1. The lowest BCUT2D eigenvalue weighted by Crippen LogP contribution is -2.50. The number of hydrogen-bond donors (Lipinski definition) is 5. The Morgan fingerprint density at radius 2 is 1.73 bits per heavy atom. The van der Waals surface area contributed by atoms with Crippen molar-refractivity contribution in [3.8, 4) is 0 Å². The molecule has 0 saturated heterocycles. The van der Waals surface area contributed by atoms with Crippen molar-refractivity contribution in [1.82, 2.24) is 9.88 Å². The normalized spacial score (nSPS) is 13.4. The second kappa shape index (κ2) is 16.2. The molecule has 0 aliphatic heterocycles. The SMILES string of the molecule is O=C(Nc1cc2ccccc2cn1)OC[C@H](COC[C@H](O)CO)N(C[C@H](O)CO)C(=O)CCc1cccc(F)c1Cl. The molecular formula is C28H33ClFN3O8. The fourth-order valence-electron chi connectivity index (χ4n) is 3.95. The maximum absolute atomic E-state index is 13.8. The molecule has 0 bridgehead atoms. The number of benzene rings is 2. The van der Waals surface area contributed by atoms with Gasteiger partial charge >= 0.3 is 6.09 Å². The van der Waals surface area contributed by atoms with Gasteiger partial charge in [0.05, 0.1) is 43.6 Å². The monoisotopic (exact) mass is 593 g/mol. The molecule has 0 radical (unpaired) electrons. The molecule has 11 nitrogen and oxygen atoms in total. The summed E-state index contributed by atoms with van der Waals surface area (Å²) in [5.41, 5.74) is 0.403. The van der Waals surface area contributed by atoms with E-state index in [-0.39, 0.29) is 50.0 Å². The molecule has 0 saturated carbocycles. The molecule has 222 valence electrons. The minimum Gasteiger partial charge on any atom is -0.447 e. The van der Waals surface area contributed by atoms with Crippen LogP contribution in [0.4, 0.5) is 15.0 Å². The van der Waals surface area contributed by atoms with Crippen LogP contribution in [0.1, 0.15) is 12.0 Å². The van der Waals surface area contributed by atoms with Crippen molar-refractivity contribution in [2.45, 2.75) is 31.1 Å². The second-order valence-corrected chi connectivity index (χ2v) is 9.64. The molecule has 0 unspecified atom stereocenters. The third-order valence-electron chi connectivity index (χ3n) is 6.12. The number of pyridine rings is 1. The first-order valence-corrected chi connectivity index (χ1v) is 13.3. The lowest BCUT2D eigenvalue weighted by atomic mass is 10.1. The van der Waals surface area contributed by atoms with E-state index in [9.17, 15) is 29.3 Å². The van der Waals surface area contributed by atoms with Crippen LogP contribution in [0.25, 0.3) is 10.8 Å². The maximum atomic E-state index is 13.8. The predicted molar refractivity (Wildman–Crippen MR) is 149 cm³/mol. The van der Waals surface area contributed by atoms with E-state index in [2.05, 4.69) is 10.3 Å². The van der Waals surface area contributed by atoms with Crippen LogP contribution < -0.4 is 5.32 Å². The van der Waals surface area contributed by atoms with Gasteiger partial charge in [0.1, 0.15) is 24.3 Å². The van der Waals surface area contributed by atoms with Crippen LogP contribution in [0.2, 0.25) is 5.02 Å². The van der Waals surface area contributed by atoms with E-state index in [4.69, 9.17) is 26.2 Å². The standard InChI is InChI=1S/C28H33ClFN3O8/c29-27-18(6-3-7-24(27)30)8-9-26(38)33(12-22(36)13-34)21(15-40-17-23(37)14-35)16-41-28(39)32-25-10-19-4-1-2-5-20(19)11-31-25/h1-7,10-11,21-23,34-37H,8-9,12-17H2,(H,31,32,39)/t21-,22-,23+/m0/s1. The second-order valence-electron chi connectivity index (χ2n) is 9.26. The van der Waals surface area contributed by atoms with E-state index in [0.717, 1.165) is 10.8 Å². The van der Waals surface area contributed by atoms with Crippen molar-refractivity contribution >= 4 is 40.2 Å². The van der Waals surface area contributed by atoms with Crippen molar-refractivity contribution in [2.75, 3.05) is 44.9 Å². The van der Waals surface area contributed by atoms with E-state index in [1.165, 1.54) is 17.0 Å². The minimum atomic E-state index is -1.32. The number of carbonyl (C=O) groups is 2. The Morgan fingerprint density at radius 3 is 2.46 bits per heavy atom. The Bertz CT molecular complexity index is 1300. The average Bonchev–Trinajstić information content (AvgIpc) is 2.98. The van der Waals surface area contributed by atoms with Crippen molar-refractivity contribution in [3.05, 3.63) is 71.1 Å². The number of fused-ring (bicyclic) bond motifs is 1. The van der Waals surface area contributed by atoms with Gasteiger partial charge < -0.3 is 34.8 Å². The number of nitrogens with zero attached hydrogens (tertiary/aromatic N) is 2. The van der Waals surface area contributed by atoms with E-state index in [1.807, 2.05) is 24.3 Å².